The van der Waals surface area contributed by atoms with Crippen molar-refractivity contribution in [2.24, 2.45) is 0 Å². The van der Waals surface area contributed by atoms with Crippen molar-refractivity contribution in [3.8, 4) is 22.8 Å². The third-order valence-electron chi connectivity index (χ3n) is 5.57. The molecule has 0 spiro atoms. The van der Waals surface area contributed by atoms with Crippen molar-refractivity contribution in [3.05, 3.63) is 54.1 Å². The first kappa shape index (κ1) is 22.5. The molecule has 1 saturated heterocycles. The van der Waals surface area contributed by atoms with Crippen LogP contribution < -0.4 is 9.47 Å². The number of aromatic nitrogens is 1. The molecule has 2 aromatic carbocycles. The minimum absolute atomic E-state index is 0.231. The predicted molar refractivity (Wildman–Crippen MR) is 123 cm³/mol. The van der Waals surface area contributed by atoms with Gasteiger partial charge in [-0.05, 0) is 37.3 Å². The van der Waals surface area contributed by atoms with Gasteiger partial charge in [-0.1, -0.05) is 18.2 Å². The summed E-state index contributed by atoms with van der Waals surface area (Å²) < 4.78 is 21.6. The van der Waals surface area contributed by atoms with Crippen LogP contribution in [-0.4, -0.2) is 68.4 Å². The van der Waals surface area contributed by atoms with E-state index in [9.17, 15) is 9.59 Å². The van der Waals surface area contributed by atoms with E-state index in [-0.39, 0.29) is 5.91 Å². The van der Waals surface area contributed by atoms with Crippen molar-refractivity contribution >= 4 is 22.8 Å². The standard InChI is InChI=1S/C25H26N2O6/c1-16(24(28)27-10-12-32-13-11-27)33-25(29)19-15-21(26-20-7-5-4-6-18(19)20)17-8-9-22(30-2)23(14-17)31-3/h4-9,14-16H,10-13H2,1-3H3. The summed E-state index contributed by atoms with van der Waals surface area (Å²) in [6.07, 6.45) is -0.910. The van der Waals surface area contributed by atoms with E-state index < -0.39 is 12.1 Å². The van der Waals surface area contributed by atoms with Gasteiger partial charge < -0.3 is 23.8 Å². The van der Waals surface area contributed by atoms with E-state index in [2.05, 4.69) is 0 Å². The molecule has 1 aliphatic rings. The van der Waals surface area contributed by atoms with Gasteiger partial charge in [0.05, 0.1) is 44.2 Å². The highest BCUT2D eigenvalue weighted by molar-refractivity contribution is 6.05. The van der Waals surface area contributed by atoms with Gasteiger partial charge in [0.15, 0.2) is 17.6 Å². The fourth-order valence-electron chi connectivity index (χ4n) is 3.80. The summed E-state index contributed by atoms with van der Waals surface area (Å²) in [6.45, 7) is 3.53. The Kier molecular flexibility index (Phi) is 6.74. The maximum Gasteiger partial charge on any atom is 0.339 e. The van der Waals surface area contributed by atoms with Crippen LogP contribution in [0.3, 0.4) is 0 Å². The molecule has 1 atom stereocenters. The molecule has 0 radical (unpaired) electrons. The van der Waals surface area contributed by atoms with Crippen molar-refractivity contribution in [2.45, 2.75) is 13.0 Å². The van der Waals surface area contributed by atoms with Gasteiger partial charge >= 0.3 is 5.97 Å². The minimum atomic E-state index is -0.910. The molecule has 1 aromatic heterocycles. The minimum Gasteiger partial charge on any atom is -0.493 e. The number of rotatable bonds is 6. The quantitative estimate of drug-likeness (QED) is 0.533. The predicted octanol–water partition coefficient (Wildman–Crippen LogP) is 3.32. The molecule has 33 heavy (non-hydrogen) atoms. The maximum atomic E-state index is 13.2. The van der Waals surface area contributed by atoms with Crippen LogP contribution >= 0.6 is 0 Å². The number of methoxy groups -OCH3 is 2. The number of para-hydroxylation sites is 1. The van der Waals surface area contributed by atoms with Crippen molar-refractivity contribution in [3.63, 3.8) is 0 Å². The topological polar surface area (TPSA) is 87.2 Å². The molecular formula is C25H26N2O6. The summed E-state index contributed by atoms with van der Waals surface area (Å²) in [7, 11) is 3.13. The zero-order valence-corrected chi connectivity index (χ0v) is 18.9. The highest BCUT2D eigenvalue weighted by atomic mass is 16.5. The molecule has 4 rings (SSSR count). The second kappa shape index (κ2) is 9.87. The molecule has 172 valence electrons. The highest BCUT2D eigenvalue weighted by Gasteiger charge is 2.26. The normalized spacial score (nSPS) is 14.6. The largest absolute Gasteiger partial charge is 0.493 e. The molecule has 0 aliphatic carbocycles. The Balaban J connectivity index is 1.67. The van der Waals surface area contributed by atoms with E-state index in [1.54, 1.807) is 44.2 Å². The lowest BCUT2D eigenvalue weighted by atomic mass is 10.0. The third kappa shape index (κ3) is 4.75. The number of ether oxygens (including phenoxy) is 4. The average Bonchev–Trinajstić information content (AvgIpc) is 2.87. The SMILES string of the molecule is COc1ccc(-c2cc(C(=O)OC(C)C(=O)N3CCOCC3)c3ccccc3n2)cc1OC. The number of morpholine rings is 1. The summed E-state index contributed by atoms with van der Waals surface area (Å²) in [5.41, 5.74) is 2.31. The van der Waals surface area contributed by atoms with Gasteiger partial charge in [-0.15, -0.1) is 0 Å². The maximum absolute atomic E-state index is 13.2. The Morgan fingerprint density at radius 1 is 1.00 bits per heavy atom. The second-order valence-electron chi connectivity index (χ2n) is 7.63. The molecule has 2 heterocycles. The van der Waals surface area contributed by atoms with E-state index >= 15 is 0 Å². The Bertz CT molecular complexity index is 1170. The fourth-order valence-corrected chi connectivity index (χ4v) is 3.80. The van der Waals surface area contributed by atoms with Gasteiger partial charge in [-0.2, -0.15) is 0 Å². The smallest absolute Gasteiger partial charge is 0.339 e. The molecule has 0 saturated carbocycles. The molecule has 1 aliphatic heterocycles. The van der Waals surface area contributed by atoms with Crippen LogP contribution in [0.15, 0.2) is 48.5 Å². The van der Waals surface area contributed by atoms with Gasteiger partial charge in [-0.25, -0.2) is 9.78 Å². The first-order valence-corrected chi connectivity index (χ1v) is 10.7. The van der Waals surface area contributed by atoms with Crippen molar-refractivity contribution < 1.29 is 28.5 Å². The lowest BCUT2D eigenvalue weighted by Gasteiger charge is -2.29. The number of amides is 1. The molecule has 8 heteroatoms. The first-order chi connectivity index (χ1) is 16.0. The van der Waals surface area contributed by atoms with E-state index in [1.165, 1.54) is 0 Å². The van der Waals surface area contributed by atoms with Crippen LogP contribution in [0, 0.1) is 0 Å². The van der Waals surface area contributed by atoms with E-state index in [4.69, 9.17) is 23.9 Å². The summed E-state index contributed by atoms with van der Waals surface area (Å²) in [4.78, 5) is 32.2. The van der Waals surface area contributed by atoms with E-state index in [1.807, 2.05) is 30.3 Å². The van der Waals surface area contributed by atoms with Crippen LogP contribution in [0.4, 0.5) is 0 Å². The number of nitrogens with zero attached hydrogens (tertiary/aromatic N) is 2. The molecule has 1 fully saturated rings. The first-order valence-electron chi connectivity index (χ1n) is 10.7. The van der Waals surface area contributed by atoms with Gasteiger partial charge in [0.2, 0.25) is 0 Å². The number of carbonyl (C=O) groups excluding carboxylic acids is 2. The molecule has 8 nitrogen and oxygen atoms in total. The molecule has 1 unspecified atom stereocenters. The number of hydrogen-bond acceptors (Lipinski definition) is 7. The number of pyridine rings is 1. The Hall–Kier alpha value is -3.65. The van der Waals surface area contributed by atoms with Crippen LogP contribution in [-0.2, 0) is 14.3 Å². The zero-order valence-electron chi connectivity index (χ0n) is 18.9. The number of carbonyl (C=O) groups is 2. The summed E-state index contributed by atoms with van der Waals surface area (Å²) in [5.74, 6) is 0.338. The number of fused-ring (bicyclic) bond motifs is 1. The van der Waals surface area contributed by atoms with Crippen LogP contribution in [0.1, 0.15) is 17.3 Å². The Morgan fingerprint density at radius 2 is 1.73 bits per heavy atom. The fraction of sp³-hybridized carbons (Fsp3) is 0.320. The van der Waals surface area contributed by atoms with Crippen LogP contribution in [0.2, 0.25) is 0 Å². The third-order valence-corrected chi connectivity index (χ3v) is 5.57. The summed E-state index contributed by atoms with van der Waals surface area (Å²) >= 11 is 0. The zero-order chi connectivity index (χ0) is 23.4. The monoisotopic (exact) mass is 450 g/mol. The number of benzene rings is 2. The second-order valence-corrected chi connectivity index (χ2v) is 7.63. The number of esters is 1. The molecule has 0 bridgehead atoms. The van der Waals surface area contributed by atoms with Gasteiger partial charge in [0.1, 0.15) is 0 Å². The van der Waals surface area contributed by atoms with Crippen molar-refractivity contribution in [1.29, 1.82) is 0 Å². The Morgan fingerprint density at radius 3 is 2.45 bits per heavy atom. The van der Waals surface area contributed by atoms with E-state index in [0.717, 1.165) is 5.56 Å². The summed E-state index contributed by atoms with van der Waals surface area (Å²) in [5, 5.41) is 0.651. The molecule has 3 aromatic rings. The van der Waals surface area contributed by atoms with Gasteiger partial charge in [0.25, 0.3) is 5.91 Å². The lowest BCUT2D eigenvalue weighted by molar-refractivity contribution is -0.143. The highest BCUT2D eigenvalue weighted by Crippen LogP contribution is 2.33. The van der Waals surface area contributed by atoms with Gasteiger partial charge in [-0.3, -0.25) is 4.79 Å². The molecule has 1 amide bonds. The Labute approximate surface area is 192 Å². The lowest BCUT2D eigenvalue weighted by Crippen LogP contribution is -2.46. The average molecular weight is 450 g/mol. The number of hydrogen-bond donors (Lipinski definition) is 0. The molecule has 0 N–H and O–H groups in total. The van der Waals surface area contributed by atoms with E-state index in [0.29, 0.717) is 60.0 Å². The summed E-state index contributed by atoms with van der Waals surface area (Å²) in [6, 6.07) is 14.4. The van der Waals surface area contributed by atoms with Crippen molar-refractivity contribution in [2.75, 3.05) is 40.5 Å². The van der Waals surface area contributed by atoms with Crippen molar-refractivity contribution in [1.82, 2.24) is 9.88 Å². The van der Waals surface area contributed by atoms with Crippen LogP contribution in [0.25, 0.3) is 22.2 Å². The molecular weight excluding hydrogens is 424 g/mol. The van der Waals surface area contributed by atoms with Gasteiger partial charge in [0, 0.05) is 24.0 Å². The van der Waals surface area contributed by atoms with Crippen LogP contribution in [0.5, 0.6) is 11.5 Å².